The molecule has 0 unspecified atom stereocenters. The first-order valence-corrected chi connectivity index (χ1v) is 4.59. The second-order valence-corrected chi connectivity index (χ2v) is 3.45. The van der Waals surface area contributed by atoms with Gasteiger partial charge in [-0.15, -0.1) is 0 Å². The Morgan fingerprint density at radius 1 is 1.21 bits per heavy atom. The van der Waals surface area contributed by atoms with Crippen LogP contribution in [0.3, 0.4) is 0 Å². The number of hydrogen-bond donors (Lipinski definition) is 2. The summed E-state index contributed by atoms with van der Waals surface area (Å²) >= 11 is 0. The minimum absolute atomic E-state index is 0. The van der Waals surface area contributed by atoms with Crippen molar-refractivity contribution in [2.45, 2.75) is 54.0 Å². The highest BCUT2D eigenvalue weighted by atomic mass is 16.1. The van der Waals surface area contributed by atoms with Crippen molar-refractivity contribution in [1.82, 2.24) is 0 Å². The lowest BCUT2D eigenvalue weighted by atomic mass is 9.98. The summed E-state index contributed by atoms with van der Waals surface area (Å²) in [6, 6.07) is -0.281. The first kappa shape index (κ1) is 19.2. The normalized spacial score (nSPS) is 11.5. The van der Waals surface area contributed by atoms with Crippen LogP contribution >= 0.6 is 0 Å². The van der Waals surface area contributed by atoms with E-state index in [-0.39, 0.29) is 32.6 Å². The third-order valence-corrected chi connectivity index (χ3v) is 1.90. The Morgan fingerprint density at radius 2 is 1.71 bits per heavy atom. The van der Waals surface area contributed by atoms with E-state index in [1.165, 1.54) is 0 Å². The Morgan fingerprint density at radius 3 is 2.07 bits per heavy atom. The number of rotatable bonds is 6. The molecule has 0 saturated carbocycles. The largest absolute Gasteiger partial charge is 0.330 e. The molecule has 0 aromatic carbocycles. The van der Waals surface area contributed by atoms with Gasteiger partial charge in [-0.2, -0.15) is 0 Å². The lowest BCUT2D eigenvalue weighted by Crippen LogP contribution is -2.33. The molecule has 0 heterocycles. The van der Waals surface area contributed by atoms with E-state index in [0.29, 0.717) is 6.54 Å². The van der Waals surface area contributed by atoms with Crippen LogP contribution in [0.1, 0.15) is 48.0 Å². The predicted molar refractivity (Wildman–Crippen MR) is 64.2 cm³/mol. The van der Waals surface area contributed by atoms with Crippen molar-refractivity contribution in [2.75, 3.05) is 6.54 Å². The summed E-state index contributed by atoms with van der Waals surface area (Å²) in [5.41, 5.74) is 11.0. The number of ketones is 1. The smallest absolute Gasteiger partial charge is 0.152 e. The van der Waals surface area contributed by atoms with Crippen LogP contribution in [0.4, 0.5) is 0 Å². The minimum atomic E-state index is -0.281. The Labute approximate surface area is 89.2 Å². The third kappa shape index (κ3) is 8.20. The van der Waals surface area contributed by atoms with Crippen molar-refractivity contribution in [2.24, 2.45) is 17.4 Å². The maximum atomic E-state index is 11.3. The van der Waals surface area contributed by atoms with Gasteiger partial charge in [0, 0.05) is 5.92 Å². The predicted octanol–water partition coefficient (Wildman–Crippen LogP) is 1.94. The van der Waals surface area contributed by atoms with Crippen molar-refractivity contribution < 1.29 is 4.79 Å². The van der Waals surface area contributed by atoms with Crippen LogP contribution in [0.2, 0.25) is 0 Å². The number of nitrogens with two attached hydrogens (primary N) is 2. The summed E-state index contributed by atoms with van der Waals surface area (Å²) in [6.07, 6.45) is 2.68. The fourth-order valence-corrected chi connectivity index (χ4v) is 1.08. The standard InChI is InChI=1S/C9H20N2O.2CH4/c1-7(2)9(12)8(11)5-3-4-6-10;;/h7-8H,3-6,10-11H2,1-2H3;2*1H4/t8-;;/m0../s1. The van der Waals surface area contributed by atoms with E-state index in [1.807, 2.05) is 13.8 Å². The maximum absolute atomic E-state index is 11.3. The lowest BCUT2D eigenvalue weighted by molar-refractivity contribution is -0.123. The topological polar surface area (TPSA) is 69.1 Å². The summed E-state index contributed by atoms with van der Waals surface area (Å²) in [5, 5.41) is 0. The van der Waals surface area contributed by atoms with Gasteiger partial charge in [-0.25, -0.2) is 0 Å². The molecule has 0 spiro atoms. The highest BCUT2D eigenvalue weighted by molar-refractivity contribution is 5.85. The Balaban J connectivity index is -0.000000605. The Kier molecular flexibility index (Phi) is 14.6. The van der Waals surface area contributed by atoms with E-state index >= 15 is 0 Å². The second-order valence-electron chi connectivity index (χ2n) is 3.45. The number of carbonyl (C=O) groups excluding carboxylic acids is 1. The molecular formula is C11H28N2O. The van der Waals surface area contributed by atoms with Crippen LogP contribution in [0.25, 0.3) is 0 Å². The average Bonchev–Trinajstić information content (AvgIpc) is 2.03. The highest BCUT2D eigenvalue weighted by Crippen LogP contribution is 2.04. The SMILES string of the molecule is C.C.CC(C)C(=O)[C@@H](N)CCCCN. The van der Waals surface area contributed by atoms with Crippen molar-refractivity contribution in [3.05, 3.63) is 0 Å². The van der Waals surface area contributed by atoms with Crippen LogP contribution in [-0.2, 0) is 4.79 Å². The summed E-state index contributed by atoms with van der Waals surface area (Å²) in [4.78, 5) is 11.3. The molecule has 14 heavy (non-hydrogen) atoms. The molecule has 0 rings (SSSR count). The number of Topliss-reactive ketones (excluding diaryl/α,β-unsaturated/α-hetero) is 1. The first-order chi connectivity index (χ1) is 5.59. The van der Waals surface area contributed by atoms with Crippen molar-refractivity contribution in [1.29, 1.82) is 0 Å². The molecule has 0 aromatic rings. The summed E-state index contributed by atoms with van der Waals surface area (Å²) in [5.74, 6) is 0.213. The number of unbranched alkanes of at least 4 members (excludes halogenated alkanes) is 1. The van der Waals surface area contributed by atoms with Crippen molar-refractivity contribution >= 4 is 5.78 Å². The molecule has 0 aliphatic rings. The van der Waals surface area contributed by atoms with Gasteiger partial charge in [-0.05, 0) is 19.4 Å². The Bertz CT molecular complexity index is 135. The van der Waals surface area contributed by atoms with Gasteiger partial charge in [0.05, 0.1) is 6.04 Å². The average molecular weight is 204 g/mol. The second kappa shape index (κ2) is 10.7. The monoisotopic (exact) mass is 204 g/mol. The van der Waals surface area contributed by atoms with E-state index in [2.05, 4.69) is 0 Å². The zero-order valence-electron chi connectivity index (χ0n) is 8.05. The molecule has 0 saturated heterocycles. The van der Waals surface area contributed by atoms with Crippen LogP contribution in [0, 0.1) is 5.92 Å². The first-order valence-electron chi connectivity index (χ1n) is 4.59. The molecule has 3 heteroatoms. The van der Waals surface area contributed by atoms with Crippen LogP contribution in [0.15, 0.2) is 0 Å². The van der Waals surface area contributed by atoms with E-state index in [0.717, 1.165) is 19.3 Å². The molecule has 0 amide bonds. The molecule has 88 valence electrons. The molecule has 0 aromatic heterocycles. The van der Waals surface area contributed by atoms with E-state index in [4.69, 9.17) is 11.5 Å². The fraction of sp³-hybridized carbons (Fsp3) is 0.909. The summed E-state index contributed by atoms with van der Waals surface area (Å²) < 4.78 is 0. The van der Waals surface area contributed by atoms with Gasteiger partial charge >= 0.3 is 0 Å². The van der Waals surface area contributed by atoms with Gasteiger partial charge < -0.3 is 11.5 Å². The molecule has 0 radical (unpaired) electrons. The van der Waals surface area contributed by atoms with Gasteiger partial charge in [0.1, 0.15) is 0 Å². The van der Waals surface area contributed by atoms with Crippen molar-refractivity contribution in [3.8, 4) is 0 Å². The van der Waals surface area contributed by atoms with E-state index in [1.54, 1.807) is 0 Å². The molecule has 0 fully saturated rings. The molecule has 0 bridgehead atoms. The van der Waals surface area contributed by atoms with E-state index < -0.39 is 0 Å². The van der Waals surface area contributed by atoms with Crippen LogP contribution < -0.4 is 11.5 Å². The zero-order valence-corrected chi connectivity index (χ0v) is 8.05. The molecular weight excluding hydrogens is 176 g/mol. The lowest BCUT2D eigenvalue weighted by Gasteiger charge is -2.12. The Hall–Kier alpha value is -0.410. The van der Waals surface area contributed by atoms with Crippen LogP contribution in [0.5, 0.6) is 0 Å². The molecule has 0 aliphatic heterocycles. The van der Waals surface area contributed by atoms with Crippen molar-refractivity contribution in [3.63, 3.8) is 0 Å². The zero-order chi connectivity index (χ0) is 9.56. The number of hydrogen-bond acceptors (Lipinski definition) is 3. The van der Waals surface area contributed by atoms with Gasteiger partial charge in [0.2, 0.25) is 0 Å². The highest BCUT2D eigenvalue weighted by Gasteiger charge is 2.15. The van der Waals surface area contributed by atoms with Gasteiger partial charge in [-0.1, -0.05) is 35.1 Å². The molecule has 4 N–H and O–H groups in total. The molecule has 1 atom stereocenters. The summed E-state index contributed by atoms with van der Waals surface area (Å²) in [7, 11) is 0. The maximum Gasteiger partial charge on any atom is 0.152 e. The fourth-order valence-electron chi connectivity index (χ4n) is 1.08. The van der Waals surface area contributed by atoms with E-state index in [9.17, 15) is 4.79 Å². The quantitative estimate of drug-likeness (QED) is 0.650. The van der Waals surface area contributed by atoms with Crippen LogP contribution in [-0.4, -0.2) is 18.4 Å². The molecule has 3 nitrogen and oxygen atoms in total. The minimum Gasteiger partial charge on any atom is -0.330 e. The third-order valence-electron chi connectivity index (χ3n) is 1.90. The van der Waals surface area contributed by atoms with Gasteiger partial charge in [0.15, 0.2) is 5.78 Å². The van der Waals surface area contributed by atoms with Gasteiger partial charge in [0.25, 0.3) is 0 Å². The number of carbonyl (C=O) groups is 1. The summed E-state index contributed by atoms with van der Waals surface area (Å²) in [6.45, 7) is 4.44. The van der Waals surface area contributed by atoms with Gasteiger partial charge in [-0.3, -0.25) is 4.79 Å². The molecule has 0 aliphatic carbocycles.